The summed E-state index contributed by atoms with van der Waals surface area (Å²) < 4.78 is 5.63. The summed E-state index contributed by atoms with van der Waals surface area (Å²) in [6.45, 7) is 6.50. The molecule has 0 fully saturated rings. The number of nitrogens with zero attached hydrogens (tertiary/aromatic N) is 1. The van der Waals surface area contributed by atoms with Crippen molar-refractivity contribution in [3.05, 3.63) is 53.7 Å². The van der Waals surface area contributed by atoms with E-state index < -0.39 is 0 Å². The van der Waals surface area contributed by atoms with Crippen LogP contribution < -0.4 is 4.18 Å². The number of aromatic nitrogens is 1. The summed E-state index contributed by atoms with van der Waals surface area (Å²) in [6.07, 6.45) is 2.86. The van der Waals surface area contributed by atoms with Gasteiger partial charge in [0, 0.05) is 17.2 Å². The molecule has 0 aliphatic carbocycles. The molecule has 0 unspecified atom stereocenters. The summed E-state index contributed by atoms with van der Waals surface area (Å²) in [5, 5.41) is 0. The highest BCUT2D eigenvalue weighted by Gasteiger charge is 2.03. The van der Waals surface area contributed by atoms with Gasteiger partial charge in [0.15, 0.2) is 0 Å². The molecule has 2 rings (SSSR count). The molecule has 0 saturated heterocycles. The van der Waals surface area contributed by atoms with E-state index >= 15 is 0 Å². The fraction of sp³-hybridized carbons (Fsp3) is 0.312. The van der Waals surface area contributed by atoms with Crippen molar-refractivity contribution < 1.29 is 4.18 Å². The van der Waals surface area contributed by atoms with Gasteiger partial charge in [-0.3, -0.25) is 0 Å². The van der Waals surface area contributed by atoms with E-state index in [1.807, 2.05) is 18.3 Å². The van der Waals surface area contributed by atoms with Gasteiger partial charge in [0.2, 0.25) is 5.88 Å². The Kier molecular flexibility index (Phi) is 4.86. The summed E-state index contributed by atoms with van der Waals surface area (Å²) in [4.78, 5) is 5.38. The molecule has 1 aromatic carbocycles. The van der Waals surface area contributed by atoms with Gasteiger partial charge in [-0.15, -0.1) is 0 Å². The third-order valence-electron chi connectivity index (χ3n) is 2.95. The molecule has 0 bridgehead atoms. The van der Waals surface area contributed by atoms with E-state index in [0.717, 1.165) is 11.3 Å². The molecule has 0 amide bonds. The fourth-order valence-electron chi connectivity index (χ4n) is 1.69. The predicted octanol–water partition coefficient (Wildman–Crippen LogP) is 4.85. The fourth-order valence-corrected chi connectivity index (χ4v) is 2.28. The van der Waals surface area contributed by atoms with Gasteiger partial charge in [-0.05, 0) is 35.6 Å². The third kappa shape index (κ3) is 4.00. The van der Waals surface area contributed by atoms with Crippen LogP contribution >= 0.6 is 12.0 Å². The highest BCUT2D eigenvalue weighted by molar-refractivity contribution is 7.95. The minimum atomic E-state index is 0.530. The highest BCUT2D eigenvalue weighted by Crippen LogP contribution is 2.25. The second-order valence-electron chi connectivity index (χ2n) is 4.75. The average Bonchev–Trinajstić information content (AvgIpc) is 2.46. The van der Waals surface area contributed by atoms with Crippen LogP contribution in [0, 0.1) is 0 Å². The Morgan fingerprint density at radius 3 is 2.68 bits per heavy atom. The van der Waals surface area contributed by atoms with Crippen molar-refractivity contribution in [3.63, 3.8) is 0 Å². The monoisotopic (exact) mass is 273 g/mol. The lowest BCUT2D eigenvalue weighted by Crippen LogP contribution is -1.90. The van der Waals surface area contributed by atoms with Gasteiger partial charge < -0.3 is 4.18 Å². The molecule has 2 nitrogen and oxygen atoms in total. The highest BCUT2D eigenvalue weighted by atomic mass is 32.2. The maximum Gasteiger partial charge on any atom is 0.228 e. The second kappa shape index (κ2) is 6.62. The standard InChI is InChI=1S/C16H19NOS/c1-4-13-8-9-16(17-11-13)18-19-15-7-5-6-14(10-15)12(2)3/h5-12H,4H2,1-3H3. The zero-order chi connectivity index (χ0) is 13.7. The molecule has 0 radical (unpaired) electrons. The van der Waals surface area contributed by atoms with Gasteiger partial charge in [-0.25, -0.2) is 4.98 Å². The van der Waals surface area contributed by atoms with E-state index in [2.05, 4.69) is 50.0 Å². The van der Waals surface area contributed by atoms with Crippen LogP contribution in [0.4, 0.5) is 0 Å². The molecule has 0 N–H and O–H groups in total. The molecule has 0 atom stereocenters. The van der Waals surface area contributed by atoms with Crippen molar-refractivity contribution in [1.29, 1.82) is 0 Å². The van der Waals surface area contributed by atoms with Crippen LogP contribution in [-0.4, -0.2) is 4.98 Å². The molecule has 3 heteroatoms. The van der Waals surface area contributed by atoms with Crippen LogP contribution in [0.25, 0.3) is 0 Å². The van der Waals surface area contributed by atoms with Gasteiger partial charge in [-0.2, -0.15) is 0 Å². The Bertz CT molecular complexity index is 523. The summed E-state index contributed by atoms with van der Waals surface area (Å²) in [6, 6.07) is 12.4. The third-order valence-corrected chi connectivity index (χ3v) is 3.65. The van der Waals surface area contributed by atoms with E-state index in [0.29, 0.717) is 11.8 Å². The molecule has 19 heavy (non-hydrogen) atoms. The number of benzene rings is 1. The van der Waals surface area contributed by atoms with Crippen LogP contribution in [0.1, 0.15) is 37.8 Å². The van der Waals surface area contributed by atoms with E-state index in [9.17, 15) is 0 Å². The summed E-state index contributed by atoms with van der Waals surface area (Å²) in [7, 11) is 0. The predicted molar refractivity (Wildman–Crippen MR) is 80.6 cm³/mol. The number of hydrogen-bond donors (Lipinski definition) is 0. The zero-order valence-corrected chi connectivity index (χ0v) is 12.4. The number of aryl methyl sites for hydroxylation is 1. The van der Waals surface area contributed by atoms with Gasteiger partial charge in [0.1, 0.15) is 0 Å². The Hall–Kier alpha value is -1.48. The lowest BCUT2D eigenvalue weighted by molar-refractivity contribution is 0.615. The normalized spacial score (nSPS) is 10.7. The van der Waals surface area contributed by atoms with E-state index in [1.165, 1.54) is 23.2 Å². The quantitative estimate of drug-likeness (QED) is 0.727. The molecule has 1 aromatic heterocycles. The Morgan fingerprint density at radius 1 is 1.21 bits per heavy atom. The molecule has 0 saturated carbocycles. The molecular weight excluding hydrogens is 254 g/mol. The lowest BCUT2D eigenvalue weighted by atomic mass is 10.0. The first-order valence-corrected chi connectivity index (χ1v) is 7.32. The SMILES string of the molecule is CCc1ccc(OSc2cccc(C(C)C)c2)nc1. The Balaban J connectivity index is 1.99. The molecule has 0 aliphatic rings. The van der Waals surface area contributed by atoms with Crippen LogP contribution in [0.15, 0.2) is 47.5 Å². The van der Waals surface area contributed by atoms with Gasteiger partial charge >= 0.3 is 0 Å². The smallest absolute Gasteiger partial charge is 0.228 e. The molecule has 0 spiro atoms. The topological polar surface area (TPSA) is 22.1 Å². The van der Waals surface area contributed by atoms with Crippen molar-refractivity contribution in [2.45, 2.75) is 38.0 Å². The molecule has 0 aliphatic heterocycles. The van der Waals surface area contributed by atoms with Gasteiger partial charge in [0.25, 0.3) is 0 Å². The molecule has 2 aromatic rings. The Morgan fingerprint density at radius 2 is 2.05 bits per heavy atom. The lowest BCUT2D eigenvalue weighted by Gasteiger charge is -2.08. The van der Waals surface area contributed by atoms with E-state index in [1.54, 1.807) is 0 Å². The first kappa shape index (κ1) is 13.9. The molecule has 100 valence electrons. The van der Waals surface area contributed by atoms with Crippen molar-refractivity contribution in [1.82, 2.24) is 4.98 Å². The minimum Gasteiger partial charge on any atom is -0.401 e. The van der Waals surface area contributed by atoms with Crippen LogP contribution in [-0.2, 0) is 6.42 Å². The molecular formula is C16H19NOS. The number of hydrogen-bond acceptors (Lipinski definition) is 3. The van der Waals surface area contributed by atoms with Gasteiger partial charge in [-0.1, -0.05) is 39.0 Å². The first-order valence-electron chi connectivity index (χ1n) is 6.58. The van der Waals surface area contributed by atoms with Crippen LogP contribution in [0.5, 0.6) is 5.88 Å². The van der Waals surface area contributed by atoms with Crippen molar-refractivity contribution >= 4 is 12.0 Å². The zero-order valence-electron chi connectivity index (χ0n) is 11.6. The first-order chi connectivity index (χ1) is 9.19. The largest absolute Gasteiger partial charge is 0.401 e. The van der Waals surface area contributed by atoms with E-state index in [4.69, 9.17) is 4.18 Å². The minimum absolute atomic E-state index is 0.530. The number of rotatable bonds is 5. The Labute approximate surface area is 119 Å². The van der Waals surface area contributed by atoms with Crippen LogP contribution in [0.2, 0.25) is 0 Å². The van der Waals surface area contributed by atoms with E-state index in [-0.39, 0.29) is 0 Å². The number of pyridine rings is 1. The summed E-state index contributed by atoms with van der Waals surface area (Å²) in [5.74, 6) is 1.18. The summed E-state index contributed by atoms with van der Waals surface area (Å²) >= 11 is 1.36. The van der Waals surface area contributed by atoms with Crippen molar-refractivity contribution in [3.8, 4) is 5.88 Å². The second-order valence-corrected chi connectivity index (χ2v) is 5.56. The maximum atomic E-state index is 5.63. The maximum absolute atomic E-state index is 5.63. The van der Waals surface area contributed by atoms with Gasteiger partial charge in [0.05, 0.1) is 12.0 Å². The van der Waals surface area contributed by atoms with Crippen LogP contribution in [0.3, 0.4) is 0 Å². The van der Waals surface area contributed by atoms with Crippen molar-refractivity contribution in [2.75, 3.05) is 0 Å². The van der Waals surface area contributed by atoms with Crippen molar-refractivity contribution in [2.24, 2.45) is 0 Å². The summed E-state index contributed by atoms with van der Waals surface area (Å²) in [5.41, 5.74) is 2.54. The molecule has 1 heterocycles. The average molecular weight is 273 g/mol.